The molecule has 0 unspecified atom stereocenters. The van der Waals surface area contributed by atoms with E-state index in [1.165, 1.54) is 4.70 Å². The maximum atomic E-state index is 11.6. The van der Waals surface area contributed by atoms with Crippen LogP contribution in [0.5, 0.6) is 0 Å². The van der Waals surface area contributed by atoms with Crippen molar-refractivity contribution in [2.24, 2.45) is 4.99 Å². The Bertz CT molecular complexity index is 751. The van der Waals surface area contributed by atoms with E-state index < -0.39 is 11.7 Å². The number of benzene rings is 1. The Balaban J connectivity index is 1.57. The average molecular weight is 407 g/mol. The molecule has 1 amide bonds. The van der Waals surface area contributed by atoms with E-state index >= 15 is 0 Å². The van der Waals surface area contributed by atoms with E-state index in [9.17, 15) is 4.79 Å². The van der Waals surface area contributed by atoms with Gasteiger partial charge in [-0.15, -0.1) is 0 Å². The van der Waals surface area contributed by atoms with Gasteiger partial charge in [0, 0.05) is 33.2 Å². The van der Waals surface area contributed by atoms with Crippen LogP contribution in [-0.2, 0) is 4.74 Å². The number of rotatable bonds is 8. The summed E-state index contributed by atoms with van der Waals surface area (Å²) in [5.74, 6) is 0.725. The molecule has 0 aliphatic rings. The minimum absolute atomic E-state index is 0.393. The molecule has 0 spiro atoms. The van der Waals surface area contributed by atoms with E-state index in [2.05, 4.69) is 37.3 Å². The number of aromatic nitrogens is 1. The molecule has 0 saturated heterocycles. The molecule has 0 aliphatic carbocycles. The lowest BCUT2D eigenvalue weighted by Crippen LogP contribution is -2.41. The van der Waals surface area contributed by atoms with Gasteiger partial charge in [0.15, 0.2) is 11.1 Å². The van der Waals surface area contributed by atoms with Crippen LogP contribution in [0.4, 0.5) is 9.93 Å². The number of amides is 1. The van der Waals surface area contributed by atoms with E-state index in [4.69, 9.17) is 4.74 Å². The Morgan fingerprint density at radius 1 is 1.11 bits per heavy atom. The first-order valence-electron chi connectivity index (χ1n) is 9.38. The molecule has 8 nitrogen and oxygen atoms in total. The summed E-state index contributed by atoms with van der Waals surface area (Å²) in [6.45, 7) is 8.21. The van der Waals surface area contributed by atoms with Crippen molar-refractivity contribution in [2.45, 2.75) is 32.8 Å². The zero-order chi connectivity index (χ0) is 20.4. The standard InChI is InChI=1S/C19H30N6O2S/c1-19(2,3)27-18(26)24-11-7-10-21-16(20-4)22-12-13-23-17-25-14-8-5-6-9-15(14)28-17/h5-6,8-9H,7,10-13H2,1-4H3,(H,23,25)(H,24,26)(H2,20,21,22). The monoisotopic (exact) mass is 406 g/mol. The number of thiazole rings is 1. The number of para-hydroxylation sites is 1. The third-order valence-electron chi connectivity index (χ3n) is 3.53. The third kappa shape index (κ3) is 7.99. The third-order valence-corrected chi connectivity index (χ3v) is 4.52. The smallest absolute Gasteiger partial charge is 0.407 e. The van der Waals surface area contributed by atoms with Gasteiger partial charge in [0.2, 0.25) is 0 Å². The molecule has 0 radical (unpaired) electrons. The van der Waals surface area contributed by atoms with Crippen molar-refractivity contribution in [3.8, 4) is 0 Å². The molecule has 0 bridgehead atoms. The van der Waals surface area contributed by atoms with Crippen LogP contribution in [0, 0.1) is 0 Å². The number of carbonyl (C=O) groups is 1. The van der Waals surface area contributed by atoms with Gasteiger partial charge in [0.1, 0.15) is 5.60 Å². The summed E-state index contributed by atoms with van der Waals surface area (Å²) in [5, 5.41) is 13.4. The molecule has 0 fully saturated rings. The summed E-state index contributed by atoms with van der Waals surface area (Å²) in [5.41, 5.74) is 0.536. The first-order valence-corrected chi connectivity index (χ1v) is 10.2. The first-order chi connectivity index (χ1) is 13.4. The zero-order valence-electron chi connectivity index (χ0n) is 17.0. The predicted octanol–water partition coefficient (Wildman–Crippen LogP) is 2.79. The number of guanidine groups is 1. The SMILES string of the molecule is CN=C(NCCCNC(=O)OC(C)(C)C)NCCNc1nc2ccccc2s1. The van der Waals surface area contributed by atoms with Crippen LogP contribution < -0.4 is 21.3 Å². The molecule has 154 valence electrons. The molecule has 1 aromatic carbocycles. The van der Waals surface area contributed by atoms with Crippen molar-refractivity contribution in [3.63, 3.8) is 0 Å². The summed E-state index contributed by atoms with van der Waals surface area (Å²) in [6, 6.07) is 8.09. The molecule has 28 heavy (non-hydrogen) atoms. The summed E-state index contributed by atoms with van der Waals surface area (Å²) >= 11 is 1.65. The van der Waals surface area contributed by atoms with Crippen molar-refractivity contribution in [1.29, 1.82) is 0 Å². The van der Waals surface area contributed by atoms with Gasteiger partial charge in [-0.25, -0.2) is 9.78 Å². The lowest BCUT2D eigenvalue weighted by Gasteiger charge is -2.19. The molecule has 4 N–H and O–H groups in total. The average Bonchev–Trinajstić information content (AvgIpc) is 3.04. The Morgan fingerprint density at radius 3 is 2.54 bits per heavy atom. The Kier molecular flexibility index (Phi) is 8.31. The fourth-order valence-corrected chi connectivity index (χ4v) is 3.21. The van der Waals surface area contributed by atoms with Gasteiger partial charge < -0.3 is 26.0 Å². The number of nitrogens with zero attached hydrogens (tertiary/aromatic N) is 2. The topological polar surface area (TPSA) is 99.7 Å². The summed E-state index contributed by atoms with van der Waals surface area (Å²) in [6.07, 6.45) is 0.375. The van der Waals surface area contributed by atoms with Gasteiger partial charge >= 0.3 is 6.09 Å². The number of aliphatic imine (C=N–C) groups is 1. The van der Waals surface area contributed by atoms with Gasteiger partial charge in [0.25, 0.3) is 0 Å². The van der Waals surface area contributed by atoms with Crippen molar-refractivity contribution in [2.75, 3.05) is 38.5 Å². The number of fused-ring (bicyclic) bond motifs is 1. The molecular formula is C19H30N6O2S. The second-order valence-corrected chi connectivity index (χ2v) is 8.15. The second-order valence-electron chi connectivity index (χ2n) is 7.12. The fraction of sp³-hybridized carbons (Fsp3) is 0.526. The van der Waals surface area contributed by atoms with Crippen molar-refractivity contribution in [3.05, 3.63) is 24.3 Å². The zero-order valence-corrected chi connectivity index (χ0v) is 17.8. The highest BCUT2D eigenvalue weighted by Crippen LogP contribution is 2.24. The van der Waals surface area contributed by atoms with E-state index in [0.717, 1.165) is 29.6 Å². The van der Waals surface area contributed by atoms with Gasteiger partial charge in [-0.05, 0) is 39.3 Å². The lowest BCUT2D eigenvalue weighted by molar-refractivity contribution is 0.0527. The lowest BCUT2D eigenvalue weighted by atomic mass is 10.2. The summed E-state index contributed by atoms with van der Waals surface area (Å²) in [7, 11) is 1.73. The minimum atomic E-state index is -0.478. The van der Waals surface area contributed by atoms with E-state index in [1.807, 2.05) is 39.0 Å². The van der Waals surface area contributed by atoms with Crippen molar-refractivity contribution in [1.82, 2.24) is 20.9 Å². The molecule has 0 atom stereocenters. The Hall–Kier alpha value is -2.55. The molecule has 0 aliphatic heterocycles. The van der Waals surface area contributed by atoms with Gasteiger partial charge in [-0.2, -0.15) is 0 Å². The fourth-order valence-electron chi connectivity index (χ4n) is 2.32. The minimum Gasteiger partial charge on any atom is -0.444 e. The Labute approximate surface area is 170 Å². The molecule has 1 aromatic heterocycles. The van der Waals surface area contributed by atoms with Crippen LogP contribution >= 0.6 is 11.3 Å². The van der Waals surface area contributed by atoms with Crippen molar-refractivity contribution < 1.29 is 9.53 Å². The summed E-state index contributed by atoms with van der Waals surface area (Å²) < 4.78 is 6.37. The predicted molar refractivity (Wildman–Crippen MR) is 116 cm³/mol. The van der Waals surface area contributed by atoms with Crippen molar-refractivity contribution >= 4 is 38.7 Å². The molecule has 0 saturated carbocycles. The highest BCUT2D eigenvalue weighted by molar-refractivity contribution is 7.22. The van der Waals surface area contributed by atoms with Crippen LogP contribution in [0.15, 0.2) is 29.3 Å². The maximum Gasteiger partial charge on any atom is 0.407 e. The van der Waals surface area contributed by atoms with E-state index in [0.29, 0.717) is 19.6 Å². The highest BCUT2D eigenvalue weighted by atomic mass is 32.1. The van der Waals surface area contributed by atoms with Crippen LogP contribution in [0.3, 0.4) is 0 Å². The van der Waals surface area contributed by atoms with E-state index in [-0.39, 0.29) is 0 Å². The van der Waals surface area contributed by atoms with Gasteiger partial charge in [0.05, 0.1) is 10.2 Å². The molecular weight excluding hydrogens is 376 g/mol. The van der Waals surface area contributed by atoms with Crippen LogP contribution in [0.2, 0.25) is 0 Å². The number of nitrogens with one attached hydrogen (secondary N) is 4. The van der Waals surface area contributed by atoms with Gasteiger partial charge in [-0.3, -0.25) is 4.99 Å². The molecule has 9 heteroatoms. The molecule has 1 heterocycles. The first kappa shape index (κ1) is 21.7. The number of hydrogen-bond donors (Lipinski definition) is 4. The number of hydrogen-bond acceptors (Lipinski definition) is 6. The Morgan fingerprint density at radius 2 is 1.82 bits per heavy atom. The molecule has 2 rings (SSSR count). The van der Waals surface area contributed by atoms with Gasteiger partial charge in [-0.1, -0.05) is 23.5 Å². The number of carbonyl (C=O) groups excluding carboxylic acids is 1. The number of anilines is 1. The van der Waals surface area contributed by atoms with Crippen LogP contribution in [0.1, 0.15) is 27.2 Å². The maximum absolute atomic E-state index is 11.6. The van der Waals surface area contributed by atoms with Crippen LogP contribution in [-0.4, -0.2) is 55.9 Å². The van der Waals surface area contributed by atoms with E-state index in [1.54, 1.807) is 18.4 Å². The molecule has 2 aromatic rings. The largest absolute Gasteiger partial charge is 0.444 e. The van der Waals surface area contributed by atoms with Crippen LogP contribution in [0.25, 0.3) is 10.2 Å². The summed E-state index contributed by atoms with van der Waals surface area (Å²) in [4.78, 5) is 20.3. The highest BCUT2D eigenvalue weighted by Gasteiger charge is 2.15. The normalized spacial score (nSPS) is 11.9. The number of ether oxygens (including phenoxy) is 1. The second kappa shape index (κ2) is 10.7. The quantitative estimate of drug-likeness (QED) is 0.306. The number of alkyl carbamates (subject to hydrolysis) is 1.